The maximum Gasteiger partial charge on any atom is 0.108 e. The van der Waals surface area contributed by atoms with Crippen molar-refractivity contribution in [2.45, 2.75) is 32.2 Å². The van der Waals surface area contributed by atoms with E-state index in [1.165, 1.54) is 5.69 Å². The Labute approximate surface area is 107 Å². The fourth-order valence-corrected chi connectivity index (χ4v) is 2.22. The second-order valence-electron chi connectivity index (χ2n) is 4.36. The van der Waals surface area contributed by atoms with Gasteiger partial charge in [-0.25, -0.2) is 0 Å². The summed E-state index contributed by atoms with van der Waals surface area (Å²) in [5, 5.41) is 4.16. The van der Waals surface area contributed by atoms with E-state index in [1.54, 1.807) is 6.26 Å². The van der Waals surface area contributed by atoms with Gasteiger partial charge in [0, 0.05) is 37.0 Å². The summed E-state index contributed by atoms with van der Waals surface area (Å²) in [6.07, 6.45) is 6.27. The molecule has 2 aromatic heterocycles. The first-order valence-electron chi connectivity index (χ1n) is 6.25. The van der Waals surface area contributed by atoms with E-state index < -0.39 is 0 Å². The summed E-state index contributed by atoms with van der Waals surface area (Å²) in [4.78, 5) is 0. The van der Waals surface area contributed by atoms with Gasteiger partial charge >= 0.3 is 0 Å². The van der Waals surface area contributed by atoms with Crippen LogP contribution in [0.15, 0.2) is 29.0 Å². The zero-order chi connectivity index (χ0) is 13.0. The highest BCUT2D eigenvalue weighted by Gasteiger charge is 2.16. The van der Waals surface area contributed by atoms with E-state index in [-0.39, 0.29) is 6.04 Å². The molecule has 0 fully saturated rings. The van der Waals surface area contributed by atoms with Crippen molar-refractivity contribution in [3.8, 4) is 0 Å². The quantitative estimate of drug-likeness (QED) is 0.603. The largest absolute Gasteiger partial charge is 0.469 e. The van der Waals surface area contributed by atoms with Crippen LogP contribution in [0.5, 0.6) is 0 Å². The van der Waals surface area contributed by atoms with E-state index >= 15 is 0 Å². The van der Waals surface area contributed by atoms with Gasteiger partial charge in [-0.1, -0.05) is 6.92 Å². The number of hydrogen-bond acceptors (Lipinski definition) is 4. The van der Waals surface area contributed by atoms with Crippen LogP contribution in [0.3, 0.4) is 0 Å². The SMILES string of the molecule is CCc1occc1C(CCc1ccnn1C)NN. The van der Waals surface area contributed by atoms with Crippen molar-refractivity contribution < 1.29 is 4.42 Å². The zero-order valence-corrected chi connectivity index (χ0v) is 10.9. The van der Waals surface area contributed by atoms with E-state index in [9.17, 15) is 0 Å². The lowest BCUT2D eigenvalue weighted by molar-refractivity contribution is 0.471. The Morgan fingerprint density at radius 3 is 2.94 bits per heavy atom. The van der Waals surface area contributed by atoms with Crippen molar-refractivity contribution in [2.24, 2.45) is 12.9 Å². The molecule has 2 aromatic rings. The molecule has 2 heterocycles. The molecule has 0 radical (unpaired) electrons. The van der Waals surface area contributed by atoms with Gasteiger partial charge in [0.15, 0.2) is 0 Å². The van der Waals surface area contributed by atoms with E-state index in [0.29, 0.717) is 0 Å². The van der Waals surface area contributed by atoms with Crippen LogP contribution >= 0.6 is 0 Å². The Hall–Kier alpha value is -1.59. The Morgan fingerprint density at radius 2 is 2.33 bits per heavy atom. The monoisotopic (exact) mass is 248 g/mol. The molecule has 0 bridgehead atoms. The number of nitrogens with one attached hydrogen (secondary N) is 1. The minimum Gasteiger partial charge on any atom is -0.469 e. The van der Waals surface area contributed by atoms with Crippen molar-refractivity contribution in [3.63, 3.8) is 0 Å². The van der Waals surface area contributed by atoms with E-state index in [2.05, 4.69) is 17.4 Å². The summed E-state index contributed by atoms with van der Waals surface area (Å²) in [6.45, 7) is 2.08. The summed E-state index contributed by atoms with van der Waals surface area (Å²) >= 11 is 0. The molecular weight excluding hydrogens is 228 g/mol. The minimum atomic E-state index is 0.119. The summed E-state index contributed by atoms with van der Waals surface area (Å²) in [5.74, 6) is 6.65. The summed E-state index contributed by atoms with van der Waals surface area (Å²) < 4.78 is 7.34. The van der Waals surface area contributed by atoms with E-state index in [1.807, 2.05) is 30.1 Å². The van der Waals surface area contributed by atoms with Crippen LogP contribution in [-0.4, -0.2) is 9.78 Å². The number of nitrogens with two attached hydrogens (primary N) is 1. The standard InChI is InChI=1S/C13H20N4O/c1-3-13-11(7-9-18-13)12(16-14)5-4-10-6-8-15-17(10)2/h6-9,12,16H,3-5,14H2,1-2H3. The van der Waals surface area contributed by atoms with Crippen LogP contribution in [0.2, 0.25) is 0 Å². The van der Waals surface area contributed by atoms with Crippen LogP contribution in [-0.2, 0) is 19.9 Å². The van der Waals surface area contributed by atoms with Crippen molar-refractivity contribution in [3.05, 3.63) is 41.6 Å². The number of aromatic nitrogens is 2. The highest BCUT2D eigenvalue weighted by atomic mass is 16.3. The van der Waals surface area contributed by atoms with Crippen LogP contribution in [0.1, 0.15) is 36.4 Å². The topological polar surface area (TPSA) is 69.0 Å². The lowest BCUT2D eigenvalue weighted by Gasteiger charge is -2.15. The summed E-state index contributed by atoms with van der Waals surface area (Å²) in [6, 6.07) is 4.14. The molecule has 0 amide bonds. The van der Waals surface area contributed by atoms with Crippen LogP contribution in [0.25, 0.3) is 0 Å². The lowest BCUT2D eigenvalue weighted by atomic mass is 10.0. The van der Waals surface area contributed by atoms with Gasteiger partial charge in [-0.2, -0.15) is 5.10 Å². The molecule has 2 rings (SSSR count). The lowest BCUT2D eigenvalue weighted by Crippen LogP contribution is -2.29. The Balaban J connectivity index is 2.04. The van der Waals surface area contributed by atoms with Gasteiger partial charge in [-0.15, -0.1) is 0 Å². The first-order valence-corrected chi connectivity index (χ1v) is 6.25. The van der Waals surface area contributed by atoms with E-state index in [0.717, 1.165) is 30.6 Å². The Kier molecular flexibility index (Phi) is 4.17. The smallest absolute Gasteiger partial charge is 0.108 e. The molecule has 18 heavy (non-hydrogen) atoms. The highest BCUT2D eigenvalue weighted by molar-refractivity contribution is 5.21. The normalized spacial score (nSPS) is 12.8. The molecule has 5 heteroatoms. The van der Waals surface area contributed by atoms with Gasteiger partial charge in [0.1, 0.15) is 5.76 Å². The Morgan fingerprint density at radius 1 is 1.50 bits per heavy atom. The molecule has 0 aliphatic carbocycles. The molecule has 0 aliphatic heterocycles. The Bertz CT molecular complexity index is 489. The van der Waals surface area contributed by atoms with Gasteiger partial charge in [0.25, 0.3) is 0 Å². The third-order valence-corrected chi connectivity index (χ3v) is 3.29. The second kappa shape index (κ2) is 5.84. The molecular formula is C13H20N4O. The van der Waals surface area contributed by atoms with Crippen LogP contribution in [0.4, 0.5) is 0 Å². The first-order chi connectivity index (χ1) is 8.76. The molecule has 0 saturated carbocycles. The van der Waals surface area contributed by atoms with Gasteiger partial charge < -0.3 is 4.42 Å². The molecule has 0 aromatic carbocycles. The molecule has 3 N–H and O–H groups in total. The van der Waals surface area contributed by atoms with Crippen molar-refractivity contribution in [1.82, 2.24) is 15.2 Å². The van der Waals surface area contributed by atoms with Gasteiger partial charge in [-0.3, -0.25) is 16.0 Å². The predicted octanol–water partition coefficient (Wildman–Crippen LogP) is 1.71. The van der Waals surface area contributed by atoms with Gasteiger partial charge in [0.05, 0.1) is 6.26 Å². The van der Waals surface area contributed by atoms with Crippen molar-refractivity contribution >= 4 is 0 Å². The molecule has 5 nitrogen and oxygen atoms in total. The number of rotatable bonds is 6. The third kappa shape index (κ3) is 2.63. The van der Waals surface area contributed by atoms with Crippen molar-refractivity contribution in [2.75, 3.05) is 0 Å². The number of hydrazine groups is 1. The summed E-state index contributed by atoms with van der Waals surface area (Å²) in [5.41, 5.74) is 5.23. The van der Waals surface area contributed by atoms with Crippen LogP contribution < -0.4 is 11.3 Å². The minimum absolute atomic E-state index is 0.119. The number of furan rings is 1. The molecule has 0 saturated heterocycles. The molecule has 0 aliphatic rings. The highest BCUT2D eigenvalue weighted by Crippen LogP contribution is 2.23. The van der Waals surface area contributed by atoms with Gasteiger partial charge in [-0.05, 0) is 25.0 Å². The zero-order valence-electron chi connectivity index (χ0n) is 10.9. The second-order valence-corrected chi connectivity index (χ2v) is 4.36. The third-order valence-electron chi connectivity index (χ3n) is 3.29. The molecule has 1 unspecified atom stereocenters. The number of nitrogens with zero attached hydrogens (tertiary/aromatic N) is 2. The molecule has 0 spiro atoms. The molecule has 98 valence electrons. The fraction of sp³-hybridized carbons (Fsp3) is 0.462. The summed E-state index contributed by atoms with van der Waals surface area (Å²) in [7, 11) is 1.95. The maximum absolute atomic E-state index is 5.65. The first kappa shape index (κ1) is 12.9. The predicted molar refractivity (Wildman–Crippen MR) is 69.7 cm³/mol. The number of aryl methyl sites for hydroxylation is 3. The van der Waals surface area contributed by atoms with Gasteiger partial charge in [0.2, 0.25) is 0 Å². The number of hydrogen-bond donors (Lipinski definition) is 2. The van der Waals surface area contributed by atoms with E-state index in [4.69, 9.17) is 10.3 Å². The van der Waals surface area contributed by atoms with Crippen LogP contribution in [0, 0.1) is 0 Å². The maximum atomic E-state index is 5.65. The molecule has 1 atom stereocenters. The fourth-order valence-electron chi connectivity index (χ4n) is 2.22. The van der Waals surface area contributed by atoms with Crippen molar-refractivity contribution in [1.29, 1.82) is 0 Å². The average Bonchev–Trinajstić information content (AvgIpc) is 2.99. The average molecular weight is 248 g/mol.